The summed E-state index contributed by atoms with van der Waals surface area (Å²) in [7, 11) is 6.22. The second kappa shape index (κ2) is 28.0. The molecule has 2 fully saturated rings. The molecule has 6 aromatic carbocycles. The lowest BCUT2D eigenvalue weighted by Crippen LogP contribution is -2.36. The van der Waals surface area contributed by atoms with E-state index >= 15 is 0 Å². The lowest BCUT2D eigenvalue weighted by Gasteiger charge is -2.30. The van der Waals surface area contributed by atoms with Gasteiger partial charge in [0.05, 0.1) is 16.7 Å². The van der Waals surface area contributed by atoms with Gasteiger partial charge in [-0.1, -0.05) is 86.7 Å². The van der Waals surface area contributed by atoms with Crippen LogP contribution in [0.3, 0.4) is 0 Å². The van der Waals surface area contributed by atoms with Gasteiger partial charge in [0.2, 0.25) is 0 Å². The molecule has 5 aliphatic rings. The van der Waals surface area contributed by atoms with E-state index in [0.717, 1.165) is 79.1 Å². The van der Waals surface area contributed by atoms with E-state index in [-0.39, 0.29) is 102 Å². The maximum absolute atomic E-state index is 13.1. The molecule has 3 amide bonds. The topological polar surface area (TPSA) is 204 Å². The standard InChI is InChI=1S/C24H31N3O3.C23H28N2O3.C21H26N2O3.2CH4/c1-15(2)20-11-21(23(29)12-22(20)28)24(30)27-13-16-4-5-19(10-17(16)14-27)25-18-6-8-26(3)9-7-18;1-15(2)19-11-20(22(27)12-21(19)26)23(28)25-13-16-6-7-18(10-17(16)14-25)24-8-4-3-5-9-24;1-13(2)17-8-18(20(25)9-19(17)24)21(26)23-11-15-6-5-14(10-22(3)4)7-16(15)12-23;;/h4-5,10-12,15,18,25,28-29H,6-9,13-14H2,1-3H3;6-7,10-12,15,26-27H,3-5,8-9,13-14H2,1-2H3;5-9,13,24-25H,10-12H2,1-4H3;2*1H4. The first kappa shape index (κ1) is 65.6. The predicted molar refractivity (Wildman–Crippen MR) is 343 cm³/mol. The molecule has 6 aromatic rings. The fourth-order valence-electron chi connectivity index (χ4n) is 12.1. The van der Waals surface area contributed by atoms with Crippen molar-refractivity contribution in [1.82, 2.24) is 24.5 Å². The van der Waals surface area contributed by atoms with Gasteiger partial charge >= 0.3 is 0 Å². The summed E-state index contributed by atoms with van der Waals surface area (Å²) in [6.45, 7) is 20.2. The molecular formula is C70H93N7O9. The molecule has 86 heavy (non-hydrogen) atoms. The Kier molecular flexibility index (Phi) is 21.4. The van der Waals surface area contributed by atoms with E-state index in [9.17, 15) is 45.0 Å². The van der Waals surface area contributed by atoms with Crippen molar-refractivity contribution in [3.05, 3.63) is 163 Å². The number of anilines is 2. The molecule has 2 saturated heterocycles. The van der Waals surface area contributed by atoms with Gasteiger partial charge in [-0.2, -0.15) is 0 Å². The minimum atomic E-state index is -0.213. The number of phenolic OH excluding ortho intramolecular Hbond substituents is 6. The van der Waals surface area contributed by atoms with Gasteiger partial charge in [0, 0.05) is 94.5 Å². The highest BCUT2D eigenvalue weighted by atomic mass is 16.3. The Hall–Kier alpha value is -7.95. The van der Waals surface area contributed by atoms with Crippen LogP contribution in [0.1, 0.15) is 193 Å². The summed E-state index contributed by atoms with van der Waals surface area (Å²) in [5, 5.41) is 64.4. The number of carbonyl (C=O) groups excluding carboxylic acids is 3. The van der Waals surface area contributed by atoms with Crippen LogP contribution in [0.25, 0.3) is 0 Å². The monoisotopic (exact) mass is 1180 g/mol. The summed E-state index contributed by atoms with van der Waals surface area (Å²) < 4.78 is 0. The molecule has 462 valence electrons. The third-order valence-corrected chi connectivity index (χ3v) is 17.0. The Morgan fingerprint density at radius 1 is 0.477 bits per heavy atom. The maximum atomic E-state index is 13.1. The molecule has 5 heterocycles. The first-order valence-corrected chi connectivity index (χ1v) is 29.8. The second-order valence-corrected chi connectivity index (χ2v) is 24.8. The van der Waals surface area contributed by atoms with Gasteiger partial charge in [-0.3, -0.25) is 14.4 Å². The Balaban J connectivity index is 0.000000183. The smallest absolute Gasteiger partial charge is 0.258 e. The fraction of sp³-hybridized carbons (Fsp3) is 0.443. The Bertz CT molecular complexity index is 3400. The molecular weight excluding hydrogens is 1080 g/mol. The zero-order valence-corrected chi connectivity index (χ0v) is 50.4. The Labute approximate surface area is 509 Å². The van der Waals surface area contributed by atoms with E-state index < -0.39 is 0 Å². The number of phenols is 6. The number of hydrogen-bond acceptors (Lipinski definition) is 13. The van der Waals surface area contributed by atoms with Crippen molar-refractivity contribution >= 4 is 29.1 Å². The summed E-state index contributed by atoms with van der Waals surface area (Å²) in [4.78, 5) is 51.3. The van der Waals surface area contributed by atoms with Crippen molar-refractivity contribution in [2.24, 2.45) is 0 Å². The Morgan fingerprint density at radius 2 is 0.860 bits per heavy atom. The molecule has 16 nitrogen and oxygen atoms in total. The van der Waals surface area contributed by atoms with Gasteiger partial charge in [-0.25, -0.2) is 0 Å². The number of nitrogens with one attached hydrogen (secondary N) is 1. The molecule has 0 spiro atoms. The van der Waals surface area contributed by atoms with Crippen molar-refractivity contribution in [2.75, 3.05) is 57.5 Å². The number of aromatic hydroxyl groups is 6. The third kappa shape index (κ3) is 15.0. The minimum absolute atomic E-state index is 0. The van der Waals surface area contributed by atoms with Crippen LogP contribution in [0.2, 0.25) is 0 Å². The first-order chi connectivity index (χ1) is 40.0. The van der Waals surface area contributed by atoms with E-state index in [2.05, 4.69) is 81.7 Å². The summed E-state index contributed by atoms with van der Waals surface area (Å²) in [5.74, 6) is -0.899. The second-order valence-electron chi connectivity index (χ2n) is 24.8. The molecule has 5 aliphatic heterocycles. The Morgan fingerprint density at radius 3 is 1.28 bits per heavy atom. The third-order valence-electron chi connectivity index (χ3n) is 17.0. The molecule has 7 N–H and O–H groups in total. The fourth-order valence-corrected chi connectivity index (χ4v) is 12.1. The van der Waals surface area contributed by atoms with Gasteiger partial charge in [0.15, 0.2) is 0 Å². The van der Waals surface area contributed by atoms with Crippen molar-refractivity contribution in [2.45, 2.75) is 158 Å². The van der Waals surface area contributed by atoms with Crippen LogP contribution >= 0.6 is 0 Å². The van der Waals surface area contributed by atoms with Crippen LogP contribution in [0.15, 0.2) is 91.0 Å². The lowest BCUT2D eigenvalue weighted by molar-refractivity contribution is 0.0740. The number of amides is 3. The highest BCUT2D eigenvalue weighted by Crippen LogP contribution is 2.39. The molecule has 0 bridgehead atoms. The van der Waals surface area contributed by atoms with Crippen molar-refractivity contribution in [3.8, 4) is 34.5 Å². The van der Waals surface area contributed by atoms with E-state index in [1.165, 1.54) is 54.3 Å². The number of nitrogens with zero attached hydrogens (tertiary/aromatic N) is 6. The van der Waals surface area contributed by atoms with Crippen molar-refractivity contribution in [3.63, 3.8) is 0 Å². The van der Waals surface area contributed by atoms with Crippen LogP contribution in [-0.2, 0) is 45.8 Å². The van der Waals surface area contributed by atoms with Crippen LogP contribution < -0.4 is 10.2 Å². The highest BCUT2D eigenvalue weighted by molar-refractivity contribution is 5.99. The largest absolute Gasteiger partial charge is 0.508 e. The molecule has 16 heteroatoms. The molecule has 0 saturated carbocycles. The first-order valence-electron chi connectivity index (χ1n) is 29.8. The number of rotatable bonds is 11. The molecule has 11 rings (SSSR count). The number of likely N-dealkylation sites (tertiary alicyclic amines) is 1. The number of carbonyl (C=O) groups is 3. The number of benzene rings is 6. The maximum Gasteiger partial charge on any atom is 0.258 e. The molecule has 0 unspecified atom stereocenters. The van der Waals surface area contributed by atoms with Gasteiger partial charge in [-0.05, 0) is 182 Å². The molecule has 0 radical (unpaired) electrons. The van der Waals surface area contributed by atoms with E-state index in [1.54, 1.807) is 32.9 Å². The molecule has 0 aromatic heterocycles. The van der Waals surface area contributed by atoms with Gasteiger partial charge < -0.3 is 65.4 Å². The normalized spacial score (nSPS) is 15.5. The highest BCUT2D eigenvalue weighted by Gasteiger charge is 2.31. The average Bonchev–Trinajstić information content (AvgIpc) is 2.82. The van der Waals surface area contributed by atoms with Crippen molar-refractivity contribution < 1.29 is 45.0 Å². The summed E-state index contributed by atoms with van der Waals surface area (Å²) in [6, 6.07) is 28.3. The van der Waals surface area contributed by atoms with Gasteiger partial charge in [0.1, 0.15) is 34.5 Å². The van der Waals surface area contributed by atoms with Crippen LogP contribution in [0.4, 0.5) is 11.4 Å². The van der Waals surface area contributed by atoms with E-state index in [4.69, 9.17) is 0 Å². The van der Waals surface area contributed by atoms with E-state index in [0.29, 0.717) is 62.0 Å². The quantitative estimate of drug-likeness (QED) is 0.0646. The van der Waals surface area contributed by atoms with E-state index in [1.807, 2.05) is 55.6 Å². The number of piperidine rings is 2. The summed E-state index contributed by atoms with van der Waals surface area (Å²) >= 11 is 0. The average molecular weight is 1180 g/mol. The number of hydrogen-bond donors (Lipinski definition) is 7. The zero-order valence-electron chi connectivity index (χ0n) is 50.4. The van der Waals surface area contributed by atoms with Gasteiger partial charge in [-0.15, -0.1) is 0 Å². The minimum Gasteiger partial charge on any atom is -0.508 e. The summed E-state index contributed by atoms with van der Waals surface area (Å²) in [6.07, 6.45) is 6.05. The van der Waals surface area contributed by atoms with Gasteiger partial charge in [0.25, 0.3) is 17.7 Å². The van der Waals surface area contributed by atoms with Crippen LogP contribution in [0.5, 0.6) is 34.5 Å². The molecule has 0 atom stereocenters. The number of fused-ring (bicyclic) bond motifs is 3. The van der Waals surface area contributed by atoms with Crippen molar-refractivity contribution in [1.29, 1.82) is 0 Å². The van der Waals surface area contributed by atoms with Crippen LogP contribution in [0, 0.1) is 0 Å². The zero-order chi connectivity index (χ0) is 60.3. The molecule has 0 aliphatic carbocycles. The lowest BCUT2D eigenvalue weighted by atomic mass is 9.98. The predicted octanol–water partition coefficient (Wildman–Crippen LogP) is 13.0. The van der Waals surface area contributed by atoms with Crippen LogP contribution in [-0.4, -0.2) is 126 Å². The SMILES string of the molecule is C.C.CC(C)c1cc(C(=O)N2Cc3ccc(CN(C)C)cc3C2)c(O)cc1O.CC(C)c1cc(C(=O)N2Cc3ccc(N4CCCCC4)cc3C2)c(O)cc1O.CC(C)c1cc(C(=O)N2Cc3ccc(NC4CCN(C)CC4)cc3C2)c(O)cc1O. The summed E-state index contributed by atoms with van der Waals surface area (Å²) in [5.41, 5.74) is 13.2.